The Kier molecular flexibility index (Phi) is 54.2. The summed E-state index contributed by atoms with van der Waals surface area (Å²) in [5.41, 5.74) is 0. The van der Waals surface area contributed by atoms with E-state index in [1.165, 1.54) is 109 Å². The van der Waals surface area contributed by atoms with Crippen LogP contribution in [0.5, 0.6) is 0 Å². The standard InChI is InChI=1S/C71H123NO10/c1-4-7-10-13-16-19-22-25-27-28-29-30-31-32-33-34-35-36-37-38-40-43-46-49-52-55-58-64(75)70(79)72-62(63(74)57-54-51-48-45-42-39-24-21-18-15-12-9-6-3)61-80-71-69(68(78)67(77)65(60-73)81-71)82-66(76)59-56-53-50-47-44-41-26-23-20-17-14-11-8-5-2/h7-8,10-11,16-17,19-20,25,27,29-30,32-33,54,57,62-65,67-69,71,73-75,77-78H,4-6,9,12-15,18,21-24,26,28,31,34-53,55-56,58-61H2,1-3H3,(H,72,79)/b10-7-,11-8+,19-16-,20-17+,27-25-,30-29-,33-32-,57-54+. The summed E-state index contributed by atoms with van der Waals surface area (Å²) in [6, 6.07) is -1.03. The lowest BCUT2D eigenvalue weighted by Crippen LogP contribution is -2.61. The maximum Gasteiger partial charge on any atom is 0.306 e. The van der Waals surface area contributed by atoms with Crippen LogP contribution < -0.4 is 5.32 Å². The van der Waals surface area contributed by atoms with Crippen molar-refractivity contribution in [1.29, 1.82) is 0 Å². The summed E-state index contributed by atoms with van der Waals surface area (Å²) in [6.45, 7) is 5.57. The normalized spacial score (nSPS) is 19.2. The molecule has 1 aliphatic heterocycles. The van der Waals surface area contributed by atoms with Crippen LogP contribution in [0, 0.1) is 0 Å². The van der Waals surface area contributed by atoms with E-state index in [0.717, 1.165) is 122 Å². The molecule has 0 aromatic rings. The Balaban J connectivity index is 2.61. The number of hydrogen-bond acceptors (Lipinski definition) is 10. The molecule has 1 fully saturated rings. The smallest absolute Gasteiger partial charge is 0.306 e. The summed E-state index contributed by atoms with van der Waals surface area (Å²) in [5.74, 6) is -1.21. The molecule has 82 heavy (non-hydrogen) atoms. The van der Waals surface area contributed by atoms with Crippen LogP contribution in [0.2, 0.25) is 0 Å². The predicted molar refractivity (Wildman–Crippen MR) is 342 cm³/mol. The molecule has 472 valence electrons. The van der Waals surface area contributed by atoms with E-state index in [-0.39, 0.29) is 19.4 Å². The van der Waals surface area contributed by atoms with Crippen molar-refractivity contribution in [1.82, 2.24) is 5.32 Å². The van der Waals surface area contributed by atoms with E-state index in [2.05, 4.69) is 111 Å². The zero-order valence-corrected chi connectivity index (χ0v) is 52.3. The third-order valence-corrected chi connectivity index (χ3v) is 15.2. The molecular weight excluding hydrogens is 1030 g/mol. The van der Waals surface area contributed by atoms with Gasteiger partial charge in [-0.3, -0.25) is 9.59 Å². The van der Waals surface area contributed by atoms with Crippen molar-refractivity contribution in [3.8, 4) is 0 Å². The number of unbranched alkanes of at least 4 members (excludes halogenated alkanes) is 28. The van der Waals surface area contributed by atoms with Crippen LogP contribution in [0.25, 0.3) is 0 Å². The predicted octanol–water partition coefficient (Wildman–Crippen LogP) is 16.7. The van der Waals surface area contributed by atoms with E-state index in [1.54, 1.807) is 6.08 Å². The van der Waals surface area contributed by atoms with Crippen LogP contribution in [0.4, 0.5) is 0 Å². The summed E-state index contributed by atoms with van der Waals surface area (Å²) >= 11 is 0. The Labute approximate surface area is 501 Å². The molecule has 8 unspecified atom stereocenters. The minimum Gasteiger partial charge on any atom is -0.454 e. The Morgan fingerprint density at radius 2 is 0.878 bits per heavy atom. The monoisotopic (exact) mass is 1150 g/mol. The molecule has 11 nitrogen and oxygen atoms in total. The Hall–Kier alpha value is -3.42. The lowest BCUT2D eigenvalue weighted by atomic mass is 9.99. The van der Waals surface area contributed by atoms with Gasteiger partial charge in [0.05, 0.1) is 25.4 Å². The average Bonchev–Trinajstić information content (AvgIpc) is 3.55. The van der Waals surface area contributed by atoms with E-state index in [1.807, 2.05) is 6.08 Å². The van der Waals surface area contributed by atoms with Gasteiger partial charge >= 0.3 is 5.97 Å². The fraction of sp³-hybridized carbons (Fsp3) is 0.746. The number of rotatable bonds is 56. The van der Waals surface area contributed by atoms with E-state index < -0.39 is 67.4 Å². The highest BCUT2D eigenvalue weighted by molar-refractivity contribution is 5.80. The molecule has 8 atom stereocenters. The van der Waals surface area contributed by atoms with Crippen molar-refractivity contribution in [2.75, 3.05) is 13.2 Å². The molecular formula is C71H123NO10. The van der Waals surface area contributed by atoms with Crippen molar-refractivity contribution < 1.29 is 49.3 Å². The molecule has 0 aromatic heterocycles. The zero-order chi connectivity index (χ0) is 59.6. The molecule has 1 saturated heterocycles. The average molecular weight is 1150 g/mol. The second-order valence-corrected chi connectivity index (χ2v) is 22.8. The summed E-state index contributed by atoms with van der Waals surface area (Å²) in [4.78, 5) is 26.6. The first-order valence-electron chi connectivity index (χ1n) is 33.5. The van der Waals surface area contributed by atoms with Gasteiger partial charge in [-0.25, -0.2) is 0 Å². The van der Waals surface area contributed by atoms with Gasteiger partial charge in [-0.2, -0.15) is 0 Å². The Morgan fingerprint density at radius 1 is 0.488 bits per heavy atom. The zero-order valence-electron chi connectivity index (χ0n) is 52.3. The molecule has 6 N–H and O–H groups in total. The highest BCUT2D eigenvalue weighted by Gasteiger charge is 2.47. The SMILES string of the molecule is CC/C=C\C/C=C\C/C=C\C/C=C\C/C=C\CCCCCCCCCCCCC(O)C(=O)NC(COC1OC(CO)C(O)C(O)C1OC(=O)CCCCCCCCC/C=C/C/C=C/CC)C(O)/C=C/CCCCCCCCCCCCC. The summed E-state index contributed by atoms with van der Waals surface area (Å²) in [6.07, 6.45) is 67.3. The number of nitrogens with one attached hydrogen (secondary N) is 1. The van der Waals surface area contributed by atoms with E-state index in [9.17, 15) is 35.1 Å². The Morgan fingerprint density at radius 3 is 1.32 bits per heavy atom. The first-order chi connectivity index (χ1) is 40.2. The minimum atomic E-state index is -1.62. The number of carbonyl (C=O) groups is 2. The van der Waals surface area contributed by atoms with Crippen molar-refractivity contribution in [3.05, 3.63) is 97.2 Å². The molecule has 0 bridgehead atoms. The topological polar surface area (TPSA) is 175 Å². The second kappa shape index (κ2) is 58.0. The van der Waals surface area contributed by atoms with Crippen molar-refractivity contribution in [2.45, 2.75) is 327 Å². The molecule has 0 saturated carbocycles. The fourth-order valence-corrected chi connectivity index (χ4v) is 10.0. The minimum absolute atomic E-state index is 0.111. The first-order valence-corrected chi connectivity index (χ1v) is 33.5. The van der Waals surface area contributed by atoms with Gasteiger partial charge < -0.3 is 45.1 Å². The van der Waals surface area contributed by atoms with Gasteiger partial charge in [0.1, 0.15) is 24.4 Å². The number of carbonyl (C=O) groups excluding carboxylic acids is 2. The van der Waals surface area contributed by atoms with E-state index in [0.29, 0.717) is 12.8 Å². The van der Waals surface area contributed by atoms with Crippen LogP contribution >= 0.6 is 0 Å². The number of aliphatic hydroxyl groups excluding tert-OH is 5. The summed E-state index contributed by atoms with van der Waals surface area (Å²) in [7, 11) is 0. The Bertz CT molecular complexity index is 1700. The van der Waals surface area contributed by atoms with Crippen LogP contribution in [0.15, 0.2) is 97.2 Å². The number of esters is 1. The van der Waals surface area contributed by atoms with Gasteiger partial charge in [-0.1, -0.05) is 272 Å². The van der Waals surface area contributed by atoms with Crippen molar-refractivity contribution in [3.63, 3.8) is 0 Å². The maximum atomic E-state index is 13.5. The number of hydrogen-bond donors (Lipinski definition) is 6. The van der Waals surface area contributed by atoms with E-state index in [4.69, 9.17) is 14.2 Å². The fourth-order valence-electron chi connectivity index (χ4n) is 10.0. The van der Waals surface area contributed by atoms with Crippen molar-refractivity contribution in [2.24, 2.45) is 0 Å². The van der Waals surface area contributed by atoms with Gasteiger partial charge in [0.2, 0.25) is 5.91 Å². The number of amides is 1. The van der Waals surface area contributed by atoms with Gasteiger partial charge in [0, 0.05) is 6.42 Å². The molecule has 1 amide bonds. The molecule has 0 aromatic carbocycles. The molecule has 0 spiro atoms. The third kappa shape index (κ3) is 45.0. The highest BCUT2D eigenvalue weighted by atomic mass is 16.7. The lowest BCUT2D eigenvalue weighted by molar-refractivity contribution is -0.305. The maximum absolute atomic E-state index is 13.5. The number of aliphatic hydroxyl groups is 5. The molecule has 0 radical (unpaired) electrons. The lowest BCUT2D eigenvalue weighted by Gasteiger charge is -2.41. The third-order valence-electron chi connectivity index (χ3n) is 15.2. The number of allylic oxidation sites excluding steroid dienone is 15. The largest absolute Gasteiger partial charge is 0.454 e. The molecule has 11 heteroatoms. The summed E-state index contributed by atoms with van der Waals surface area (Å²) in [5, 5.41) is 57.1. The quantitative estimate of drug-likeness (QED) is 0.0195. The molecule has 1 heterocycles. The first kappa shape index (κ1) is 76.6. The number of ether oxygens (including phenoxy) is 3. The van der Waals surface area contributed by atoms with Gasteiger partial charge in [-0.15, -0.1) is 0 Å². The molecule has 1 rings (SSSR count). The van der Waals surface area contributed by atoms with E-state index >= 15 is 0 Å². The van der Waals surface area contributed by atoms with Crippen LogP contribution in [0.3, 0.4) is 0 Å². The van der Waals surface area contributed by atoms with Gasteiger partial charge in [0.25, 0.3) is 0 Å². The second-order valence-electron chi connectivity index (χ2n) is 22.8. The molecule has 1 aliphatic rings. The van der Waals surface area contributed by atoms with Crippen LogP contribution in [-0.4, -0.2) is 99.6 Å². The van der Waals surface area contributed by atoms with Gasteiger partial charge in [-0.05, 0) is 96.3 Å². The molecule has 0 aliphatic carbocycles. The van der Waals surface area contributed by atoms with Crippen molar-refractivity contribution >= 4 is 11.9 Å². The summed E-state index contributed by atoms with van der Waals surface area (Å²) < 4.78 is 17.6. The van der Waals surface area contributed by atoms with Crippen LogP contribution in [0.1, 0.15) is 278 Å². The van der Waals surface area contributed by atoms with Crippen LogP contribution in [-0.2, 0) is 23.8 Å². The highest BCUT2D eigenvalue weighted by Crippen LogP contribution is 2.26. The van der Waals surface area contributed by atoms with Gasteiger partial charge in [0.15, 0.2) is 12.4 Å².